The SMILES string of the molecule is CC.Cc1ccc2cc(C(=O)[O-])ccc2c1. The fraction of sp³-hybridized carbons (Fsp3) is 0.214. The number of fused-ring (bicyclic) bond motifs is 1. The molecular weight excluding hydrogens is 200 g/mol. The van der Waals surface area contributed by atoms with Crippen LogP contribution in [-0.4, -0.2) is 5.97 Å². The lowest BCUT2D eigenvalue weighted by atomic mass is 10.1. The summed E-state index contributed by atoms with van der Waals surface area (Å²) >= 11 is 0. The van der Waals surface area contributed by atoms with Crippen LogP contribution in [0.2, 0.25) is 0 Å². The first-order chi connectivity index (χ1) is 7.66. The van der Waals surface area contributed by atoms with Gasteiger partial charge in [0.1, 0.15) is 0 Å². The number of carbonyl (C=O) groups excluding carboxylic acids is 1. The predicted octanol–water partition coefficient (Wildman–Crippen LogP) is 2.54. The number of benzene rings is 2. The molecule has 0 bridgehead atoms. The molecule has 0 aliphatic carbocycles. The van der Waals surface area contributed by atoms with Crippen LogP contribution < -0.4 is 5.11 Å². The summed E-state index contributed by atoms with van der Waals surface area (Å²) in [5.74, 6) is -1.13. The monoisotopic (exact) mass is 215 g/mol. The van der Waals surface area contributed by atoms with Crippen molar-refractivity contribution in [2.24, 2.45) is 0 Å². The molecule has 84 valence electrons. The van der Waals surface area contributed by atoms with Crippen LogP contribution in [-0.2, 0) is 0 Å². The lowest BCUT2D eigenvalue weighted by Crippen LogP contribution is -2.21. The lowest BCUT2D eigenvalue weighted by molar-refractivity contribution is -0.255. The lowest BCUT2D eigenvalue weighted by Gasteiger charge is -2.04. The van der Waals surface area contributed by atoms with E-state index in [0.29, 0.717) is 0 Å². The molecule has 0 aromatic heterocycles. The van der Waals surface area contributed by atoms with Crippen LogP contribution >= 0.6 is 0 Å². The molecule has 2 nitrogen and oxygen atoms in total. The first-order valence-corrected chi connectivity index (χ1v) is 5.38. The van der Waals surface area contributed by atoms with E-state index in [1.54, 1.807) is 18.2 Å². The summed E-state index contributed by atoms with van der Waals surface area (Å²) in [6.45, 7) is 6.01. The Bertz CT molecular complexity index is 501. The van der Waals surface area contributed by atoms with Gasteiger partial charge in [-0.25, -0.2) is 0 Å². The molecule has 0 saturated carbocycles. The van der Waals surface area contributed by atoms with E-state index in [0.717, 1.165) is 10.8 Å². The molecule has 0 fully saturated rings. The fourth-order valence-corrected chi connectivity index (χ4v) is 1.49. The third-order valence-electron chi connectivity index (χ3n) is 2.23. The van der Waals surface area contributed by atoms with Gasteiger partial charge in [0.05, 0.1) is 5.97 Å². The van der Waals surface area contributed by atoms with Gasteiger partial charge in [-0.2, -0.15) is 0 Å². The third kappa shape index (κ3) is 2.60. The average molecular weight is 215 g/mol. The van der Waals surface area contributed by atoms with E-state index in [-0.39, 0.29) is 5.56 Å². The van der Waals surface area contributed by atoms with Gasteiger partial charge in [-0.15, -0.1) is 0 Å². The number of carbonyl (C=O) groups is 1. The summed E-state index contributed by atoms with van der Waals surface area (Å²) in [7, 11) is 0. The Morgan fingerprint density at radius 2 is 1.56 bits per heavy atom. The smallest absolute Gasteiger partial charge is 0.0715 e. The maximum atomic E-state index is 10.6. The van der Waals surface area contributed by atoms with E-state index < -0.39 is 5.97 Å². The van der Waals surface area contributed by atoms with Crippen LogP contribution in [0.1, 0.15) is 29.8 Å². The Labute approximate surface area is 95.5 Å². The summed E-state index contributed by atoms with van der Waals surface area (Å²) in [4.78, 5) is 10.6. The quantitative estimate of drug-likeness (QED) is 0.733. The van der Waals surface area contributed by atoms with Crippen molar-refractivity contribution in [1.82, 2.24) is 0 Å². The highest BCUT2D eigenvalue weighted by molar-refractivity contribution is 5.93. The molecule has 2 heteroatoms. The highest BCUT2D eigenvalue weighted by Gasteiger charge is 1.97. The largest absolute Gasteiger partial charge is 0.545 e. The molecule has 0 aliphatic heterocycles. The molecule has 2 aromatic rings. The minimum Gasteiger partial charge on any atom is -0.545 e. The number of hydrogen-bond acceptors (Lipinski definition) is 2. The number of carboxylic acids is 1. The van der Waals surface area contributed by atoms with Crippen molar-refractivity contribution in [3.05, 3.63) is 47.5 Å². The molecule has 0 radical (unpaired) electrons. The number of rotatable bonds is 1. The number of aryl methyl sites for hydroxylation is 1. The number of carboxylic acid groups (broad SMARTS) is 1. The van der Waals surface area contributed by atoms with Crippen molar-refractivity contribution >= 4 is 16.7 Å². The van der Waals surface area contributed by atoms with Gasteiger partial charge in [0.25, 0.3) is 0 Å². The summed E-state index contributed by atoms with van der Waals surface area (Å²) in [6.07, 6.45) is 0. The predicted molar refractivity (Wildman–Crippen MR) is 64.4 cm³/mol. The molecular formula is C14H15O2-. The van der Waals surface area contributed by atoms with Crippen molar-refractivity contribution in [2.75, 3.05) is 0 Å². The molecule has 0 unspecified atom stereocenters. The van der Waals surface area contributed by atoms with E-state index in [2.05, 4.69) is 0 Å². The second-order valence-corrected chi connectivity index (χ2v) is 3.35. The first-order valence-electron chi connectivity index (χ1n) is 5.38. The zero-order valence-electron chi connectivity index (χ0n) is 9.78. The Morgan fingerprint density at radius 1 is 1.00 bits per heavy atom. The number of aromatic carboxylic acids is 1. The zero-order valence-corrected chi connectivity index (χ0v) is 9.78. The highest BCUT2D eigenvalue weighted by Crippen LogP contribution is 2.17. The van der Waals surface area contributed by atoms with E-state index in [1.165, 1.54) is 5.56 Å². The standard InChI is InChI=1S/C12H10O2.C2H6/c1-8-2-3-10-7-11(12(13)14)5-4-9(10)6-8;1-2/h2-7H,1H3,(H,13,14);1-2H3/p-1. The molecule has 0 saturated heterocycles. The van der Waals surface area contributed by atoms with E-state index in [4.69, 9.17) is 0 Å². The Kier molecular flexibility index (Phi) is 4.06. The average Bonchev–Trinajstić information content (AvgIpc) is 2.30. The van der Waals surface area contributed by atoms with Crippen molar-refractivity contribution < 1.29 is 9.90 Å². The minimum atomic E-state index is -1.13. The van der Waals surface area contributed by atoms with Crippen LogP contribution in [0.3, 0.4) is 0 Å². The highest BCUT2D eigenvalue weighted by atomic mass is 16.4. The van der Waals surface area contributed by atoms with Crippen molar-refractivity contribution in [3.63, 3.8) is 0 Å². The van der Waals surface area contributed by atoms with Gasteiger partial charge < -0.3 is 9.90 Å². The summed E-state index contributed by atoms with van der Waals surface area (Å²) in [5, 5.41) is 12.6. The van der Waals surface area contributed by atoms with Gasteiger partial charge in [-0.05, 0) is 29.3 Å². The van der Waals surface area contributed by atoms with Crippen LogP contribution in [0.15, 0.2) is 36.4 Å². The van der Waals surface area contributed by atoms with Crippen LogP contribution in [0.4, 0.5) is 0 Å². The third-order valence-corrected chi connectivity index (χ3v) is 2.23. The summed E-state index contributed by atoms with van der Waals surface area (Å²) in [6, 6.07) is 10.9. The van der Waals surface area contributed by atoms with Crippen molar-refractivity contribution in [3.8, 4) is 0 Å². The molecule has 0 atom stereocenters. The fourth-order valence-electron chi connectivity index (χ4n) is 1.49. The maximum Gasteiger partial charge on any atom is 0.0715 e. The normalized spacial score (nSPS) is 9.44. The molecule has 2 aromatic carbocycles. The van der Waals surface area contributed by atoms with E-state index >= 15 is 0 Å². The molecule has 0 spiro atoms. The molecule has 2 rings (SSSR count). The van der Waals surface area contributed by atoms with Gasteiger partial charge in [0.15, 0.2) is 0 Å². The van der Waals surface area contributed by atoms with E-state index in [9.17, 15) is 9.90 Å². The van der Waals surface area contributed by atoms with Crippen molar-refractivity contribution in [1.29, 1.82) is 0 Å². The van der Waals surface area contributed by atoms with Crippen LogP contribution in [0, 0.1) is 6.92 Å². The molecule has 16 heavy (non-hydrogen) atoms. The second kappa shape index (κ2) is 5.31. The molecule has 0 N–H and O–H groups in total. The maximum absolute atomic E-state index is 10.6. The van der Waals surface area contributed by atoms with Crippen LogP contribution in [0.25, 0.3) is 10.8 Å². The van der Waals surface area contributed by atoms with Crippen LogP contribution in [0.5, 0.6) is 0 Å². The zero-order chi connectivity index (χ0) is 12.1. The van der Waals surface area contributed by atoms with Gasteiger partial charge >= 0.3 is 0 Å². The Hall–Kier alpha value is -1.83. The Balaban J connectivity index is 0.000000606. The summed E-state index contributed by atoms with van der Waals surface area (Å²) < 4.78 is 0. The molecule has 0 heterocycles. The molecule has 0 amide bonds. The second-order valence-electron chi connectivity index (χ2n) is 3.35. The van der Waals surface area contributed by atoms with E-state index in [1.807, 2.05) is 39.0 Å². The van der Waals surface area contributed by atoms with Gasteiger partial charge in [0.2, 0.25) is 0 Å². The summed E-state index contributed by atoms with van der Waals surface area (Å²) in [5.41, 5.74) is 1.39. The first kappa shape index (κ1) is 12.2. The van der Waals surface area contributed by atoms with Gasteiger partial charge in [0, 0.05) is 0 Å². The Morgan fingerprint density at radius 3 is 2.19 bits per heavy atom. The minimum absolute atomic E-state index is 0.223. The molecule has 0 aliphatic rings. The van der Waals surface area contributed by atoms with Crippen molar-refractivity contribution in [2.45, 2.75) is 20.8 Å². The van der Waals surface area contributed by atoms with Gasteiger partial charge in [-0.1, -0.05) is 49.7 Å². The topological polar surface area (TPSA) is 40.1 Å². The van der Waals surface area contributed by atoms with Gasteiger partial charge in [-0.3, -0.25) is 0 Å². The number of hydrogen-bond donors (Lipinski definition) is 0.